The molecule has 4 rings (SSSR count). The highest BCUT2D eigenvalue weighted by Crippen LogP contribution is 2.36. The van der Waals surface area contributed by atoms with Crippen LogP contribution < -0.4 is 20.7 Å². The quantitative estimate of drug-likeness (QED) is 0.0727. The summed E-state index contributed by atoms with van der Waals surface area (Å²) >= 11 is 6.58. The van der Waals surface area contributed by atoms with E-state index < -0.39 is 21.8 Å². The van der Waals surface area contributed by atoms with Gasteiger partial charge in [-0.15, -0.1) is 0 Å². The maximum Gasteiger partial charge on any atom is 0.306 e. The molecule has 0 atom stereocenters. The number of nitrogens with zero attached hydrogens (tertiary/aromatic N) is 5. The van der Waals surface area contributed by atoms with Gasteiger partial charge in [0.2, 0.25) is 11.8 Å². The van der Waals surface area contributed by atoms with Gasteiger partial charge in [-0.25, -0.2) is 9.97 Å². The molecule has 45 heavy (non-hydrogen) atoms. The molecule has 4 aromatic rings. The van der Waals surface area contributed by atoms with Gasteiger partial charge in [-0.05, 0) is 59.6 Å². The molecule has 0 fully saturated rings. The van der Waals surface area contributed by atoms with Crippen LogP contribution in [0.2, 0.25) is 5.02 Å². The van der Waals surface area contributed by atoms with Gasteiger partial charge in [0, 0.05) is 36.3 Å². The number of nitrogens with one attached hydrogen (secondary N) is 3. The van der Waals surface area contributed by atoms with Gasteiger partial charge in [0.05, 0.1) is 35.0 Å². The molecule has 0 radical (unpaired) electrons. The summed E-state index contributed by atoms with van der Waals surface area (Å²) in [4.78, 5) is 28.7. The fraction of sp³-hybridized carbons (Fsp3) is 0.333. The van der Waals surface area contributed by atoms with Gasteiger partial charge in [0.15, 0.2) is 11.6 Å². The van der Waals surface area contributed by atoms with Crippen molar-refractivity contribution in [2.75, 3.05) is 49.4 Å². The summed E-state index contributed by atoms with van der Waals surface area (Å²) < 4.78 is 35.9. The Labute approximate surface area is 267 Å². The van der Waals surface area contributed by atoms with E-state index in [9.17, 15) is 13.2 Å². The van der Waals surface area contributed by atoms with Crippen LogP contribution in [0.4, 0.5) is 23.1 Å². The van der Waals surface area contributed by atoms with Crippen molar-refractivity contribution in [1.82, 2.24) is 24.4 Å². The summed E-state index contributed by atoms with van der Waals surface area (Å²) in [5.41, 5.74) is 2.91. The van der Waals surface area contributed by atoms with Crippen LogP contribution in [0.25, 0.3) is 22.2 Å². The monoisotopic (exact) mass is 656 g/mol. The van der Waals surface area contributed by atoms with E-state index in [0.717, 1.165) is 35.7 Å². The Hall–Kier alpha value is -4.40. The second-order valence-electron chi connectivity index (χ2n) is 10.8. The van der Waals surface area contributed by atoms with Gasteiger partial charge in [-0.1, -0.05) is 29.8 Å². The Morgan fingerprint density at radius 1 is 1.18 bits per heavy atom. The number of hydrogen-bond donors (Lipinski definition) is 3. The predicted octanol–water partition coefficient (Wildman–Crippen LogP) is 5.01. The van der Waals surface area contributed by atoms with Gasteiger partial charge >= 0.3 is 10.1 Å². The first-order valence-corrected chi connectivity index (χ1v) is 16.2. The minimum Gasteiger partial charge on any atom is -0.473 e. The maximum atomic E-state index is 12.9. The number of para-hydroxylation sites is 1. The Morgan fingerprint density at radius 3 is 2.60 bits per heavy atom. The summed E-state index contributed by atoms with van der Waals surface area (Å²) in [6.45, 7) is 8.50. The first-order chi connectivity index (χ1) is 21.2. The number of carbonyl (C=O) groups is 1. The Kier molecular flexibility index (Phi) is 10.5. The zero-order valence-corrected chi connectivity index (χ0v) is 27.6. The summed E-state index contributed by atoms with van der Waals surface area (Å²) in [5.74, 6) is -0.762. The smallest absolute Gasteiger partial charge is 0.306 e. The average molecular weight is 657 g/mol. The van der Waals surface area contributed by atoms with E-state index in [1.165, 1.54) is 6.20 Å². The fourth-order valence-electron chi connectivity index (χ4n) is 4.41. The normalized spacial score (nSPS) is 11.6. The molecule has 0 aliphatic carbocycles. The number of fused-ring (bicyclic) bond motifs is 1. The van der Waals surface area contributed by atoms with Gasteiger partial charge in [-0.2, -0.15) is 13.4 Å². The van der Waals surface area contributed by atoms with E-state index in [0.29, 0.717) is 28.8 Å². The summed E-state index contributed by atoms with van der Waals surface area (Å²) in [7, 11) is 1.92. The molecule has 0 spiro atoms. The number of benzene rings is 1. The molecule has 1 aromatic carbocycles. The third-order valence-corrected chi connectivity index (χ3v) is 7.09. The van der Waals surface area contributed by atoms with Crippen molar-refractivity contribution in [1.29, 1.82) is 0 Å². The second-order valence-corrected chi connectivity index (χ2v) is 12.8. The number of ether oxygens (including phenoxy) is 1. The minimum absolute atomic E-state index is 0.200. The number of anilines is 4. The van der Waals surface area contributed by atoms with Crippen LogP contribution in [0.5, 0.6) is 5.88 Å². The standard InChI is InChI=1S/C30H37ClN8O5S/c1-18(2)43-29-24(35-30-33-16-22(31)26(36-30)21-17-39(6)25-12-9-8-11-20(21)25)15-23(27(37-29)32-13-10-14-38(4)5)34-28(40)19(3)44-45(7,41)42/h8-9,11-12,15-18H,3,10,13-14H2,1-2,4-7H3,(H,32,37)(H,34,40)(H,33,35,36). The van der Waals surface area contributed by atoms with Crippen LogP contribution in [0.1, 0.15) is 20.3 Å². The molecule has 3 heterocycles. The fourth-order valence-corrected chi connectivity index (χ4v) is 5.04. The Balaban J connectivity index is 1.74. The molecule has 0 saturated heterocycles. The van der Waals surface area contributed by atoms with Crippen LogP contribution >= 0.6 is 11.6 Å². The number of aromatic nitrogens is 4. The lowest BCUT2D eigenvalue weighted by Crippen LogP contribution is -2.21. The lowest BCUT2D eigenvalue weighted by atomic mass is 10.1. The minimum atomic E-state index is -3.97. The molecule has 0 unspecified atom stereocenters. The highest BCUT2D eigenvalue weighted by atomic mass is 35.5. The van der Waals surface area contributed by atoms with Gasteiger partial charge in [0.1, 0.15) is 5.69 Å². The molecule has 0 saturated carbocycles. The van der Waals surface area contributed by atoms with Crippen molar-refractivity contribution in [2.24, 2.45) is 7.05 Å². The molecule has 0 aliphatic heterocycles. The van der Waals surface area contributed by atoms with Crippen LogP contribution in [0.3, 0.4) is 0 Å². The molecule has 240 valence electrons. The van der Waals surface area contributed by atoms with Crippen LogP contribution in [0, 0.1) is 0 Å². The van der Waals surface area contributed by atoms with Crippen molar-refractivity contribution in [2.45, 2.75) is 26.4 Å². The van der Waals surface area contributed by atoms with Gasteiger partial charge in [-0.3, -0.25) is 4.79 Å². The SMILES string of the molecule is C=C(OS(C)(=O)=O)C(=O)Nc1cc(Nc2ncc(Cl)c(-c3cn(C)c4ccccc34)n2)c(OC(C)C)nc1NCCCN(C)C. The maximum absolute atomic E-state index is 12.9. The number of pyridine rings is 1. The molecule has 0 aliphatic rings. The van der Waals surface area contributed by atoms with E-state index in [4.69, 9.17) is 21.3 Å². The first-order valence-electron chi connectivity index (χ1n) is 14.1. The molecular formula is C30H37ClN8O5S. The average Bonchev–Trinajstić information content (AvgIpc) is 3.28. The lowest BCUT2D eigenvalue weighted by Gasteiger charge is -2.20. The van der Waals surface area contributed by atoms with Crippen LogP contribution in [0.15, 0.2) is 55.1 Å². The lowest BCUT2D eigenvalue weighted by molar-refractivity contribution is -0.114. The molecule has 3 N–H and O–H groups in total. The Morgan fingerprint density at radius 2 is 1.91 bits per heavy atom. The van der Waals surface area contributed by atoms with E-state index in [2.05, 4.69) is 36.7 Å². The molecular weight excluding hydrogens is 620 g/mol. The summed E-state index contributed by atoms with van der Waals surface area (Å²) in [6, 6.07) is 9.50. The number of aryl methyl sites for hydroxylation is 1. The summed E-state index contributed by atoms with van der Waals surface area (Å²) in [5, 5.41) is 10.3. The van der Waals surface area contributed by atoms with Gasteiger partial charge in [0.25, 0.3) is 5.91 Å². The van der Waals surface area contributed by atoms with Gasteiger partial charge < -0.3 is 34.3 Å². The number of carbonyl (C=O) groups excluding carboxylic acids is 1. The first kappa shape index (κ1) is 33.5. The third-order valence-electron chi connectivity index (χ3n) is 6.31. The zero-order valence-electron chi connectivity index (χ0n) is 26.0. The molecule has 1 amide bonds. The van der Waals surface area contributed by atoms with E-state index in [1.807, 2.05) is 74.9 Å². The number of halogens is 1. The number of amides is 1. The molecule has 3 aromatic heterocycles. The molecule has 0 bridgehead atoms. The van der Waals surface area contributed by atoms with Crippen molar-refractivity contribution >= 4 is 61.7 Å². The topological polar surface area (TPSA) is 153 Å². The van der Waals surface area contributed by atoms with Crippen molar-refractivity contribution in [3.8, 4) is 17.1 Å². The second kappa shape index (κ2) is 14.1. The van der Waals surface area contributed by atoms with E-state index in [-0.39, 0.29) is 23.6 Å². The molecule has 13 nitrogen and oxygen atoms in total. The highest BCUT2D eigenvalue weighted by Gasteiger charge is 2.21. The summed E-state index contributed by atoms with van der Waals surface area (Å²) in [6.07, 6.45) is 4.80. The third kappa shape index (κ3) is 8.84. The Bertz CT molecular complexity index is 1820. The van der Waals surface area contributed by atoms with Crippen LogP contribution in [-0.4, -0.2) is 78.3 Å². The number of hydrogen-bond acceptors (Lipinski definition) is 11. The zero-order chi connectivity index (χ0) is 32.9. The van der Waals surface area contributed by atoms with Crippen molar-refractivity contribution in [3.63, 3.8) is 0 Å². The molecule has 15 heteroatoms. The van der Waals surface area contributed by atoms with Crippen molar-refractivity contribution in [3.05, 3.63) is 60.1 Å². The van der Waals surface area contributed by atoms with Crippen molar-refractivity contribution < 1.29 is 22.1 Å². The predicted molar refractivity (Wildman–Crippen MR) is 178 cm³/mol. The van der Waals surface area contributed by atoms with E-state index in [1.54, 1.807) is 6.07 Å². The number of rotatable bonds is 14. The van der Waals surface area contributed by atoms with E-state index >= 15 is 0 Å². The largest absolute Gasteiger partial charge is 0.473 e. The van der Waals surface area contributed by atoms with Crippen LogP contribution in [-0.2, 0) is 26.1 Å². The highest BCUT2D eigenvalue weighted by molar-refractivity contribution is 7.86.